The van der Waals surface area contributed by atoms with Gasteiger partial charge in [-0.2, -0.15) is 0 Å². The molecule has 9 heteroatoms. The first-order valence-electron chi connectivity index (χ1n) is 11.0. The second-order valence-electron chi connectivity index (χ2n) is 7.86. The molecular formula is C24H32ClN3O4S. The summed E-state index contributed by atoms with van der Waals surface area (Å²) in [6.07, 6.45) is 1.24. The van der Waals surface area contributed by atoms with Crippen molar-refractivity contribution < 1.29 is 18.0 Å². The number of nitrogens with one attached hydrogen (secondary N) is 1. The predicted octanol–water partition coefficient (Wildman–Crippen LogP) is 3.68. The Labute approximate surface area is 201 Å². The smallest absolute Gasteiger partial charge is 0.242 e. The van der Waals surface area contributed by atoms with Gasteiger partial charge in [-0.1, -0.05) is 48.9 Å². The van der Waals surface area contributed by atoms with Crippen molar-refractivity contribution in [1.82, 2.24) is 14.5 Å². The van der Waals surface area contributed by atoms with E-state index in [1.165, 1.54) is 16.3 Å². The van der Waals surface area contributed by atoms with Crippen LogP contribution in [-0.4, -0.2) is 55.6 Å². The molecule has 0 aliphatic rings. The highest BCUT2D eigenvalue weighted by molar-refractivity contribution is 7.89. The van der Waals surface area contributed by atoms with Gasteiger partial charge in [0.15, 0.2) is 0 Å². The quantitative estimate of drug-likeness (QED) is 0.488. The van der Waals surface area contributed by atoms with Crippen LogP contribution in [-0.2, 0) is 26.2 Å². The maximum Gasteiger partial charge on any atom is 0.242 e. The number of benzene rings is 2. The van der Waals surface area contributed by atoms with Crippen LogP contribution in [0.2, 0.25) is 5.02 Å². The molecule has 2 amide bonds. The SMILES string of the molecule is CCCNC(=O)[C@H](C)N(Cc1cccc(Cl)c1)C(=O)CCCN(C)S(=O)(=O)c1ccccc1. The number of nitrogens with zero attached hydrogens (tertiary/aromatic N) is 2. The Morgan fingerprint density at radius 3 is 2.42 bits per heavy atom. The number of hydrogen-bond acceptors (Lipinski definition) is 4. The molecule has 2 rings (SSSR count). The summed E-state index contributed by atoms with van der Waals surface area (Å²) in [7, 11) is -2.12. The Morgan fingerprint density at radius 2 is 1.79 bits per heavy atom. The minimum absolute atomic E-state index is 0.112. The minimum atomic E-state index is -3.62. The Bertz CT molecular complexity index is 1030. The summed E-state index contributed by atoms with van der Waals surface area (Å²) in [6, 6.07) is 14.7. The molecule has 2 aromatic rings. The van der Waals surface area contributed by atoms with Crippen molar-refractivity contribution in [2.75, 3.05) is 20.1 Å². The lowest BCUT2D eigenvalue weighted by molar-refractivity contribution is -0.140. The fourth-order valence-corrected chi connectivity index (χ4v) is 4.74. The van der Waals surface area contributed by atoms with Crippen molar-refractivity contribution in [2.45, 2.75) is 50.6 Å². The summed E-state index contributed by atoms with van der Waals surface area (Å²) in [5, 5.41) is 3.38. The van der Waals surface area contributed by atoms with Gasteiger partial charge in [0.25, 0.3) is 0 Å². The third-order valence-corrected chi connectivity index (χ3v) is 7.38. The van der Waals surface area contributed by atoms with E-state index < -0.39 is 16.1 Å². The summed E-state index contributed by atoms with van der Waals surface area (Å²) in [5.74, 6) is -0.448. The van der Waals surface area contributed by atoms with Gasteiger partial charge in [-0.3, -0.25) is 9.59 Å². The first-order chi connectivity index (χ1) is 15.7. The maximum absolute atomic E-state index is 13.1. The molecule has 0 aromatic heterocycles. The minimum Gasteiger partial charge on any atom is -0.354 e. The summed E-state index contributed by atoms with van der Waals surface area (Å²) < 4.78 is 26.6. The van der Waals surface area contributed by atoms with Crippen molar-refractivity contribution in [3.8, 4) is 0 Å². The molecule has 0 aliphatic carbocycles. The van der Waals surface area contributed by atoms with Crippen LogP contribution in [0.25, 0.3) is 0 Å². The third-order valence-electron chi connectivity index (χ3n) is 5.27. The van der Waals surface area contributed by atoms with Crippen LogP contribution < -0.4 is 5.32 Å². The van der Waals surface area contributed by atoms with Crippen molar-refractivity contribution in [3.05, 3.63) is 65.2 Å². The largest absolute Gasteiger partial charge is 0.354 e. The lowest BCUT2D eigenvalue weighted by Gasteiger charge is -2.29. The molecule has 0 saturated heterocycles. The van der Waals surface area contributed by atoms with E-state index in [1.807, 2.05) is 13.0 Å². The molecule has 0 aliphatic heterocycles. The second-order valence-corrected chi connectivity index (χ2v) is 10.3. The van der Waals surface area contributed by atoms with Crippen molar-refractivity contribution in [1.29, 1.82) is 0 Å². The predicted molar refractivity (Wildman–Crippen MR) is 130 cm³/mol. The first-order valence-corrected chi connectivity index (χ1v) is 12.8. The van der Waals surface area contributed by atoms with E-state index in [1.54, 1.807) is 55.5 Å². The zero-order valence-electron chi connectivity index (χ0n) is 19.3. The van der Waals surface area contributed by atoms with Crippen LogP contribution in [0, 0.1) is 0 Å². The average Bonchev–Trinajstić information content (AvgIpc) is 2.80. The Kier molecular flexibility index (Phi) is 10.3. The van der Waals surface area contributed by atoms with Gasteiger partial charge in [-0.05, 0) is 49.6 Å². The van der Waals surface area contributed by atoms with Gasteiger partial charge in [0.2, 0.25) is 21.8 Å². The normalized spacial score (nSPS) is 12.4. The highest BCUT2D eigenvalue weighted by atomic mass is 35.5. The number of carbonyl (C=O) groups is 2. The van der Waals surface area contributed by atoms with Gasteiger partial charge in [0.05, 0.1) is 4.90 Å². The molecule has 0 radical (unpaired) electrons. The summed E-state index contributed by atoms with van der Waals surface area (Å²) in [5.41, 5.74) is 0.815. The van der Waals surface area contributed by atoms with E-state index in [9.17, 15) is 18.0 Å². The lowest BCUT2D eigenvalue weighted by Crippen LogP contribution is -2.47. The first kappa shape index (κ1) is 26.8. The molecule has 0 bridgehead atoms. The molecule has 33 heavy (non-hydrogen) atoms. The van der Waals surface area contributed by atoms with Gasteiger partial charge in [-0.25, -0.2) is 12.7 Å². The van der Waals surface area contributed by atoms with Crippen LogP contribution in [0.3, 0.4) is 0 Å². The zero-order valence-corrected chi connectivity index (χ0v) is 20.9. The summed E-state index contributed by atoms with van der Waals surface area (Å²) in [6.45, 7) is 4.60. The van der Waals surface area contributed by atoms with Crippen molar-refractivity contribution in [2.24, 2.45) is 0 Å². The van der Waals surface area contributed by atoms with Crippen LogP contribution in [0.5, 0.6) is 0 Å². The van der Waals surface area contributed by atoms with E-state index in [2.05, 4.69) is 5.32 Å². The number of amides is 2. The maximum atomic E-state index is 13.1. The van der Waals surface area contributed by atoms with E-state index in [0.717, 1.165) is 12.0 Å². The van der Waals surface area contributed by atoms with Crippen molar-refractivity contribution >= 4 is 33.4 Å². The molecule has 0 unspecified atom stereocenters. The summed E-state index contributed by atoms with van der Waals surface area (Å²) >= 11 is 6.09. The fourth-order valence-electron chi connectivity index (χ4n) is 3.30. The molecule has 0 fully saturated rings. The number of carbonyl (C=O) groups excluding carboxylic acids is 2. The molecule has 0 spiro atoms. The molecule has 0 saturated carbocycles. The van der Waals surface area contributed by atoms with E-state index in [0.29, 0.717) is 18.0 Å². The van der Waals surface area contributed by atoms with Crippen LogP contribution in [0.15, 0.2) is 59.5 Å². The number of halogens is 1. The van der Waals surface area contributed by atoms with E-state index >= 15 is 0 Å². The summed E-state index contributed by atoms with van der Waals surface area (Å²) in [4.78, 5) is 27.4. The fraction of sp³-hybridized carbons (Fsp3) is 0.417. The monoisotopic (exact) mass is 493 g/mol. The Balaban J connectivity index is 2.06. The molecule has 7 nitrogen and oxygen atoms in total. The molecule has 2 aromatic carbocycles. The molecule has 1 N–H and O–H groups in total. The third kappa shape index (κ3) is 7.84. The number of hydrogen-bond donors (Lipinski definition) is 1. The van der Waals surface area contributed by atoms with E-state index in [4.69, 9.17) is 11.6 Å². The van der Waals surface area contributed by atoms with E-state index in [-0.39, 0.29) is 36.2 Å². The molecule has 1 atom stereocenters. The zero-order chi connectivity index (χ0) is 24.4. The van der Waals surface area contributed by atoms with Crippen molar-refractivity contribution in [3.63, 3.8) is 0 Å². The van der Waals surface area contributed by atoms with Crippen LogP contribution >= 0.6 is 11.6 Å². The topological polar surface area (TPSA) is 86.8 Å². The highest BCUT2D eigenvalue weighted by Crippen LogP contribution is 2.17. The van der Waals surface area contributed by atoms with Gasteiger partial charge in [0.1, 0.15) is 6.04 Å². The van der Waals surface area contributed by atoms with Gasteiger partial charge >= 0.3 is 0 Å². The van der Waals surface area contributed by atoms with Gasteiger partial charge < -0.3 is 10.2 Å². The van der Waals surface area contributed by atoms with Gasteiger partial charge in [-0.15, -0.1) is 0 Å². The average molecular weight is 494 g/mol. The van der Waals surface area contributed by atoms with Gasteiger partial charge in [0, 0.05) is 38.1 Å². The highest BCUT2D eigenvalue weighted by Gasteiger charge is 2.26. The standard InChI is InChI=1S/C24H32ClN3O4S/c1-4-15-26-24(30)19(2)28(18-20-10-8-11-21(25)17-20)23(29)14-9-16-27(3)33(31,32)22-12-6-5-7-13-22/h5-8,10-13,17,19H,4,9,14-16,18H2,1-3H3,(H,26,30)/t19-/m0/s1. The Hall–Kier alpha value is -2.42. The van der Waals surface area contributed by atoms with Crippen LogP contribution in [0.4, 0.5) is 0 Å². The Morgan fingerprint density at radius 1 is 1.09 bits per heavy atom. The second kappa shape index (κ2) is 12.7. The molecular weight excluding hydrogens is 462 g/mol. The lowest BCUT2D eigenvalue weighted by atomic mass is 10.1. The molecule has 0 heterocycles. The molecule has 180 valence electrons. The van der Waals surface area contributed by atoms with Crippen LogP contribution in [0.1, 0.15) is 38.7 Å². The number of rotatable bonds is 12. The number of sulfonamides is 1.